The van der Waals surface area contributed by atoms with Crippen LogP contribution in [0.5, 0.6) is 5.75 Å². The first-order chi connectivity index (χ1) is 8.29. The van der Waals surface area contributed by atoms with Crippen molar-refractivity contribution in [3.8, 4) is 5.75 Å². The molecule has 17 heavy (non-hydrogen) atoms. The van der Waals surface area contributed by atoms with Crippen molar-refractivity contribution in [1.82, 2.24) is 19.5 Å². The van der Waals surface area contributed by atoms with E-state index in [0.29, 0.717) is 6.04 Å². The zero-order chi connectivity index (χ0) is 11.8. The molecular weight excluding hydrogens is 216 g/mol. The summed E-state index contributed by atoms with van der Waals surface area (Å²) in [4.78, 5) is 2.40. The Balaban J connectivity index is 2.07. The zero-order valence-electron chi connectivity index (χ0n) is 9.87. The fourth-order valence-corrected chi connectivity index (χ4v) is 2.62. The minimum absolute atomic E-state index is 0.250. The highest BCUT2D eigenvalue weighted by molar-refractivity contribution is 5.41. The summed E-state index contributed by atoms with van der Waals surface area (Å²) in [5.41, 5.74) is 0.792. The molecule has 2 aromatic heterocycles. The Morgan fingerprint density at radius 2 is 2.29 bits per heavy atom. The highest BCUT2D eigenvalue weighted by Crippen LogP contribution is 2.30. The van der Waals surface area contributed by atoms with Crippen molar-refractivity contribution in [3.05, 3.63) is 24.2 Å². The van der Waals surface area contributed by atoms with Gasteiger partial charge in [0.25, 0.3) is 0 Å². The van der Waals surface area contributed by atoms with Gasteiger partial charge in [-0.25, -0.2) is 0 Å². The van der Waals surface area contributed by atoms with E-state index in [2.05, 4.69) is 22.0 Å². The Morgan fingerprint density at radius 1 is 1.41 bits per heavy atom. The van der Waals surface area contributed by atoms with Crippen LogP contribution in [0.4, 0.5) is 0 Å². The van der Waals surface area contributed by atoms with Crippen LogP contribution in [0.1, 0.15) is 31.6 Å². The summed E-state index contributed by atoms with van der Waals surface area (Å²) >= 11 is 0. The van der Waals surface area contributed by atoms with Crippen LogP contribution in [0.3, 0.4) is 0 Å². The van der Waals surface area contributed by atoms with Gasteiger partial charge in [0.05, 0.1) is 12.2 Å². The average Bonchev–Trinajstić information content (AvgIpc) is 2.93. The number of nitrogens with zero attached hydrogens (tertiary/aromatic N) is 4. The van der Waals surface area contributed by atoms with Gasteiger partial charge in [0, 0.05) is 0 Å². The highest BCUT2D eigenvalue weighted by atomic mass is 16.3. The molecule has 0 saturated carbocycles. The molecule has 0 amide bonds. The lowest BCUT2D eigenvalue weighted by molar-refractivity contribution is 0.260. The maximum absolute atomic E-state index is 9.55. The molecule has 1 atom stereocenters. The number of aromatic hydroxyl groups is 1. The average molecular weight is 232 g/mol. The second kappa shape index (κ2) is 4.00. The minimum Gasteiger partial charge on any atom is -0.506 e. The largest absolute Gasteiger partial charge is 0.506 e. The van der Waals surface area contributed by atoms with E-state index in [0.717, 1.165) is 31.0 Å². The van der Waals surface area contributed by atoms with Crippen molar-refractivity contribution in [2.45, 2.75) is 25.8 Å². The predicted molar refractivity (Wildman–Crippen MR) is 63.9 cm³/mol. The van der Waals surface area contributed by atoms with Gasteiger partial charge in [-0.3, -0.25) is 9.30 Å². The summed E-state index contributed by atoms with van der Waals surface area (Å²) in [6.07, 6.45) is 4.01. The van der Waals surface area contributed by atoms with Crippen LogP contribution >= 0.6 is 0 Å². The fraction of sp³-hybridized carbons (Fsp3) is 0.500. The fourth-order valence-electron chi connectivity index (χ4n) is 2.62. The standard InChI is InChI=1S/C12H16N4O/c1-2-15-7-3-4-10(15)12-14-13-11-6-5-9(17)8-16(11)12/h5-6,8,10,17H,2-4,7H2,1H3. The number of hydrogen-bond donors (Lipinski definition) is 1. The van der Waals surface area contributed by atoms with Crippen LogP contribution in [0, 0.1) is 0 Å². The Labute approximate surface area is 99.7 Å². The minimum atomic E-state index is 0.250. The Bertz CT molecular complexity index is 536. The third-order valence-corrected chi connectivity index (χ3v) is 3.48. The lowest BCUT2D eigenvalue weighted by Crippen LogP contribution is -2.24. The van der Waals surface area contributed by atoms with Crippen LogP contribution in [0.15, 0.2) is 18.3 Å². The molecule has 1 aliphatic rings. The van der Waals surface area contributed by atoms with E-state index in [4.69, 9.17) is 0 Å². The Kier molecular flexibility index (Phi) is 2.48. The summed E-state index contributed by atoms with van der Waals surface area (Å²) in [6.45, 7) is 4.31. The molecular formula is C12H16N4O. The van der Waals surface area contributed by atoms with E-state index in [1.54, 1.807) is 18.3 Å². The van der Waals surface area contributed by atoms with Crippen LogP contribution in [0.2, 0.25) is 0 Å². The number of rotatable bonds is 2. The Morgan fingerprint density at radius 3 is 3.12 bits per heavy atom. The van der Waals surface area contributed by atoms with E-state index in [1.165, 1.54) is 6.42 Å². The normalized spacial score (nSPS) is 21.4. The molecule has 90 valence electrons. The molecule has 3 heterocycles. The first kappa shape index (κ1) is 10.5. The molecule has 5 nitrogen and oxygen atoms in total. The van der Waals surface area contributed by atoms with Gasteiger partial charge in [-0.2, -0.15) is 0 Å². The maximum atomic E-state index is 9.55. The third kappa shape index (κ3) is 1.67. The quantitative estimate of drug-likeness (QED) is 0.854. The van der Waals surface area contributed by atoms with Crippen LogP contribution < -0.4 is 0 Å². The second-order valence-corrected chi connectivity index (χ2v) is 4.46. The Hall–Kier alpha value is -1.62. The molecule has 1 unspecified atom stereocenters. The lowest BCUT2D eigenvalue weighted by Gasteiger charge is -2.20. The molecule has 0 bridgehead atoms. The summed E-state index contributed by atoms with van der Waals surface area (Å²) in [6, 6.07) is 3.76. The van der Waals surface area contributed by atoms with Gasteiger partial charge in [0.15, 0.2) is 11.5 Å². The van der Waals surface area contributed by atoms with Gasteiger partial charge in [0.2, 0.25) is 0 Å². The number of pyridine rings is 1. The molecule has 1 saturated heterocycles. The molecule has 1 aliphatic heterocycles. The topological polar surface area (TPSA) is 53.7 Å². The summed E-state index contributed by atoms with van der Waals surface area (Å²) in [7, 11) is 0. The molecule has 1 N–H and O–H groups in total. The van der Waals surface area contributed by atoms with Gasteiger partial charge in [-0.15, -0.1) is 10.2 Å². The molecule has 3 rings (SSSR count). The van der Waals surface area contributed by atoms with Crippen LogP contribution in [-0.4, -0.2) is 37.7 Å². The molecule has 0 radical (unpaired) electrons. The molecule has 1 fully saturated rings. The van der Waals surface area contributed by atoms with Crippen molar-refractivity contribution in [2.24, 2.45) is 0 Å². The molecule has 2 aromatic rings. The smallest absolute Gasteiger partial charge is 0.161 e. The van der Waals surface area contributed by atoms with Crippen molar-refractivity contribution < 1.29 is 5.11 Å². The highest BCUT2D eigenvalue weighted by Gasteiger charge is 2.28. The van der Waals surface area contributed by atoms with Crippen molar-refractivity contribution in [3.63, 3.8) is 0 Å². The van der Waals surface area contributed by atoms with Gasteiger partial charge >= 0.3 is 0 Å². The molecule has 0 aromatic carbocycles. The van der Waals surface area contributed by atoms with Gasteiger partial charge in [-0.1, -0.05) is 6.92 Å². The van der Waals surface area contributed by atoms with Crippen molar-refractivity contribution in [1.29, 1.82) is 0 Å². The van der Waals surface area contributed by atoms with Crippen LogP contribution in [-0.2, 0) is 0 Å². The number of fused-ring (bicyclic) bond motifs is 1. The van der Waals surface area contributed by atoms with E-state index in [1.807, 2.05) is 4.40 Å². The van der Waals surface area contributed by atoms with Gasteiger partial charge in [-0.05, 0) is 38.1 Å². The zero-order valence-corrected chi connectivity index (χ0v) is 9.87. The maximum Gasteiger partial charge on any atom is 0.161 e. The SMILES string of the molecule is CCN1CCCC1c1nnc2ccc(O)cn12. The summed E-state index contributed by atoms with van der Waals surface area (Å²) in [5, 5.41) is 18.0. The molecule has 5 heteroatoms. The van der Waals surface area contributed by atoms with E-state index in [-0.39, 0.29) is 5.75 Å². The number of aromatic nitrogens is 3. The number of likely N-dealkylation sites (tertiary alicyclic amines) is 1. The van der Waals surface area contributed by atoms with Crippen LogP contribution in [0.25, 0.3) is 5.65 Å². The summed E-state index contributed by atoms with van der Waals surface area (Å²) < 4.78 is 1.90. The lowest BCUT2D eigenvalue weighted by atomic mass is 10.2. The first-order valence-corrected chi connectivity index (χ1v) is 6.07. The summed E-state index contributed by atoms with van der Waals surface area (Å²) in [5.74, 6) is 1.19. The number of hydrogen-bond acceptors (Lipinski definition) is 4. The van der Waals surface area contributed by atoms with E-state index < -0.39 is 0 Å². The van der Waals surface area contributed by atoms with Gasteiger partial charge in [0.1, 0.15) is 5.75 Å². The van der Waals surface area contributed by atoms with Crippen molar-refractivity contribution in [2.75, 3.05) is 13.1 Å². The van der Waals surface area contributed by atoms with Crippen molar-refractivity contribution >= 4 is 5.65 Å². The van der Waals surface area contributed by atoms with E-state index >= 15 is 0 Å². The van der Waals surface area contributed by atoms with E-state index in [9.17, 15) is 5.11 Å². The first-order valence-electron chi connectivity index (χ1n) is 6.07. The third-order valence-electron chi connectivity index (χ3n) is 3.48. The monoisotopic (exact) mass is 232 g/mol. The molecule has 0 spiro atoms. The second-order valence-electron chi connectivity index (χ2n) is 4.46. The molecule has 0 aliphatic carbocycles. The predicted octanol–water partition coefficient (Wildman–Crippen LogP) is 1.59. The van der Waals surface area contributed by atoms with Gasteiger partial charge < -0.3 is 5.11 Å².